The Balaban J connectivity index is 1.38. The lowest BCUT2D eigenvalue weighted by atomic mass is 10.1. The van der Waals surface area contributed by atoms with Gasteiger partial charge < -0.3 is 19.5 Å². The van der Waals surface area contributed by atoms with Crippen LogP contribution < -0.4 is 9.47 Å². The normalized spacial score (nSPS) is 15.7. The number of nitrogens with zero attached hydrogens (tertiary/aromatic N) is 3. The molecule has 194 valence electrons. The fourth-order valence-corrected chi connectivity index (χ4v) is 5.99. The number of carbonyl (C=O) groups is 1. The lowest BCUT2D eigenvalue weighted by Crippen LogP contribution is -2.38. The predicted molar refractivity (Wildman–Crippen MR) is 147 cm³/mol. The van der Waals surface area contributed by atoms with Crippen LogP contribution in [0.3, 0.4) is 0 Å². The zero-order chi connectivity index (χ0) is 26.1. The maximum absolute atomic E-state index is 12.1. The molecule has 0 aliphatic carbocycles. The third-order valence-electron chi connectivity index (χ3n) is 6.64. The smallest absolute Gasteiger partial charge is 0.349 e. The van der Waals surface area contributed by atoms with E-state index in [1.54, 1.807) is 24.5 Å². The molecule has 1 fully saturated rings. The van der Waals surface area contributed by atoms with Gasteiger partial charge in [0.2, 0.25) is 0 Å². The van der Waals surface area contributed by atoms with Crippen molar-refractivity contribution in [2.75, 3.05) is 19.6 Å². The summed E-state index contributed by atoms with van der Waals surface area (Å²) < 4.78 is 14.3. The number of imidazole rings is 1. The van der Waals surface area contributed by atoms with Crippen LogP contribution in [0.5, 0.6) is 11.5 Å². The van der Waals surface area contributed by atoms with Crippen LogP contribution >= 0.6 is 34.5 Å². The fraction of sp³-hybridized carbons (Fsp3) is 0.333. The highest BCUT2D eigenvalue weighted by Crippen LogP contribution is 2.39. The Morgan fingerprint density at radius 2 is 1.97 bits per heavy atom. The number of thiophene rings is 1. The minimum absolute atomic E-state index is 0.101. The van der Waals surface area contributed by atoms with Gasteiger partial charge in [0.1, 0.15) is 35.0 Å². The third kappa shape index (κ3) is 5.43. The summed E-state index contributed by atoms with van der Waals surface area (Å²) in [6, 6.07) is 12.7. The quantitative estimate of drug-likeness (QED) is 0.248. The fourth-order valence-electron chi connectivity index (χ4n) is 4.59. The number of carboxylic acid groups (broad SMARTS) is 1. The molecule has 1 aliphatic rings. The lowest BCUT2D eigenvalue weighted by Gasteiger charge is -2.31. The summed E-state index contributed by atoms with van der Waals surface area (Å²) >= 11 is 14.0. The van der Waals surface area contributed by atoms with E-state index in [0.717, 1.165) is 60.4 Å². The molecule has 10 heteroatoms. The first-order chi connectivity index (χ1) is 17.8. The van der Waals surface area contributed by atoms with Gasteiger partial charge in [-0.05, 0) is 50.6 Å². The number of likely N-dealkylation sites (tertiary alicyclic amines) is 1. The highest BCUT2D eigenvalue weighted by Gasteiger charge is 2.24. The van der Waals surface area contributed by atoms with Crippen molar-refractivity contribution in [3.05, 3.63) is 69.3 Å². The van der Waals surface area contributed by atoms with Crippen molar-refractivity contribution in [3.8, 4) is 16.5 Å². The highest BCUT2D eigenvalue weighted by molar-refractivity contribution is 7.16. The van der Waals surface area contributed by atoms with Gasteiger partial charge in [-0.2, -0.15) is 0 Å². The molecule has 0 amide bonds. The number of benzene rings is 2. The van der Waals surface area contributed by atoms with Crippen LogP contribution in [0.2, 0.25) is 10.0 Å². The second-order valence-electron chi connectivity index (χ2n) is 9.00. The zero-order valence-corrected chi connectivity index (χ0v) is 22.8. The maximum atomic E-state index is 12.1. The summed E-state index contributed by atoms with van der Waals surface area (Å²) in [6.45, 7) is 7.09. The van der Waals surface area contributed by atoms with E-state index in [-0.39, 0.29) is 16.7 Å². The average Bonchev–Trinajstić information content (AvgIpc) is 3.49. The van der Waals surface area contributed by atoms with E-state index in [1.165, 1.54) is 0 Å². The van der Waals surface area contributed by atoms with Gasteiger partial charge in [0.05, 0.1) is 16.1 Å². The molecule has 37 heavy (non-hydrogen) atoms. The molecule has 0 spiro atoms. The Labute approximate surface area is 229 Å². The van der Waals surface area contributed by atoms with Crippen LogP contribution in [0.4, 0.5) is 0 Å². The Morgan fingerprint density at radius 3 is 2.70 bits per heavy atom. The number of hydrogen-bond donors (Lipinski definition) is 1. The Hall–Kier alpha value is -2.78. The van der Waals surface area contributed by atoms with Gasteiger partial charge in [0.15, 0.2) is 4.88 Å². The van der Waals surface area contributed by atoms with E-state index in [4.69, 9.17) is 32.7 Å². The molecule has 1 saturated heterocycles. The maximum Gasteiger partial charge on any atom is 0.349 e. The Kier molecular flexibility index (Phi) is 7.62. The van der Waals surface area contributed by atoms with Gasteiger partial charge in [-0.15, -0.1) is 11.3 Å². The van der Waals surface area contributed by atoms with Crippen LogP contribution in [0.15, 0.2) is 48.8 Å². The minimum atomic E-state index is -1.06. The van der Waals surface area contributed by atoms with Crippen molar-refractivity contribution in [2.24, 2.45) is 0 Å². The number of rotatable bonds is 8. The van der Waals surface area contributed by atoms with Crippen molar-refractivity contribution in [2.45, 2.75) is 38.9 Å². The number of fused-ring (bicyclic) bond motifs is 1. The van der Waals surface area contributed by atoms with E-state index >= 15 is 0 Å². The lowest BCUT2D eigenvalue weighted by molar-refractivity contribution is 0.0695. The van der Waals surface area contributed by atoms with Gasteiger partial charge in [-0.1, -0.05) is 42.3 Å². The molecular weight excluding hydrogens is 533 g/mol. The first-order valence-corrected chi connectivity index (χ1v) is 13.8. The summed E-state index contributed by atoms with van der Waals surface area (Å²) in [5, 5.41) is 11.6. The first-order valence-electron chi connectivity index (χ1n) is 12.2. The van der Waals surface area contributed by atoms with Crippen molar-refractivity contribution in [1.29, 1.82) is 0 Å². The molecule has 4 aromatic rings. The molecule has 2 aromatic carbocycles. The number of halogens is 2. The molecule has 2 aromatic heterocycles. The SMILES string of the molecule is CCN1CCC(Oc2cccc([C@@H](C)Oc3cc(-n4cnc5cc(Cl)ccc54)sc3C(=O)O)c2Cl)CC1. The van der Waals surface area contributed by atoms with Gasteiger partial charge in [-0.25, -0.2) is 9.78 Å². The van der Waals surface area contributed by atoms with Gasteiger partial charge in [0, 0.05) is 29.7 Å². The number of hydrogen-bond acceptors (Lipinski definition) is 6. The molecule has 5 rings (SSSR count). The standard InChI is InChI=1S/C27H27Cl2N3O4S/c1-3-31-11-9-18(10-12-31)36-22-6-4-5-19(25(22)29)16(2)35-23-14-24(37-26(23)27(33)34)32-15-30-20-13-17(28)7-8-21(20)32/h4-8,13-16,18H,3,9-12H2,1-2H3,(H,33,34)/t16-/m1/s1. The molecule has 0 radical (unpaired) electrons. The minimum Gasteiger partial charge on any atom is -0.489 e. The Bertz CT molecular complexity index is 1430. The van der Waals surface area contributed by atoms with Gasteiger partial charge >= 0.3 is 5.97 Å². The number of aromatic carboxylic acids is 1. The van der Waals surface area contributed by atoms with Crippen LogP contribution in [0.1, 0.15) is 48.0 Å². The van der Waals surface area contributed by atoms with E-state index in [0.29, 0.717) is 20.8 Å². The number of piperidine rings is 1. The second kappa shape index (κ2) is 10.9. The zero-order valence-electron chi connectivity index (χ0n) is 20.5. The molecule has 3 heterocycles. The molecule has 7 nitrogen and oxygen atoms in total. The first kappa shape index (κ1) is 25.9. The number of aromatic nitrogens is 2. The van der Waals surface area contributed by atoms with Crippen molar-refractivity contribution in [1.82, 2.24) is 14.5 Å². The van der Waals surface area contributed by atoms with Crippen molar-refractivity contribution >= 4 is 51.5 Å². The van der Waals surface area contributed by atoms with Crippen molar-refractivity contribution < 1.29 is 19.4 Å². The number of ether oxygens (including phenoxy) is 2. The van der Waals surface area contributed by atoms with Crippen LogP contribution in [-0.4, -0.2) is 51.3 Å². The summed E-state index contributed by atoms with van der Waals surface area (Å²) in [4.78, 5) is 19.0. The molecule has 1 N–H and O–H groups in total. The van der Waals surface area contributed by atoms with E-state index in [2.05, 4.69) is 16.8 Å². The molecule has 0 bridgehead atoms. The van der Waals surface area contributed by atoms with Crippen LogP contribution in [0, 0.1) is 0 Å². The van der Waals surface area contributed by atoms with E-state index < -0.39 is 12.1 Å². The van der Waals surface area contributed by atoms with Gasteiger partial charge in [-0.3, -0.25) is 4.57 Å². The molecule has 1 aliphatic heterocycles. The second-order valence-corrected chi connectivity index (χ2v) is 10.8. The van der Waals surface area contributed by atoms with E-state index in [1.807, 2.05) is 35.8 Å². The molecule has 0 saturated carbocycles. The van der Waals surface area contributed by atoms with Crippen molar-refractivity contribution in [3.63, 3.8) is 0 Å². The highest BCUT2D eigenvalue weighted by atomic mass is 35.5. The molecule has 1 atom stereocenters. The Morgan fingerprint density at radius 1 is 1.19 bits per heavy atom. The summed E-state index contributed by atoms with van der Waals surface area (Å²) in [7, 11) is 0. The van der Waals surface area contributed by atoms with Crippen LogP contribution in [0.25, 0.3) is 16.0 Å². The summed E-state index contributed by atoms with van der Waals surface area (Å²) in [5.74, 6) is -0.171. The largest absolute Gasteiger partial charge is 0.489 e. The molecular formula is C27H27Cl2N3O4S. The summed E-state index contributed by atoms with van der Waals surface area (Å²) in [6.07, 6.45) is 3.17. The summed E-state index contributed by atoms with van der Waals surface area (Å²) in [5.41, 5.74) is 2.27. The third-order valence-corrected chi connectivity index (χ3v) is 8.38. The monoisotopic (exact) mass is 559 g/mol. The molecule has 0 unspecified atom stereocenters. The van der Waals surface area contributed by atoms with Gasteiger partial charge in [0.25, 0.3) is 0 Å². The predicted octanol–water partition coefficient (Wildman–Crippen LogP) is 7.10. The average molecular weight is 561 g/mol. The topological polar surface area (TPSA) is 76.8 Å². The van der Waals surface area contributed by atoms with E-state index in [9.17, 15) is 9.90 Å². The number of carboxylic acids is 1. The van der Waals surface area contributed by atoms with Crippen LogP contribution in [-0.2, 0) is 0 Å².